The minimum atomic E-state index is -1.13. The molecule has 6 nitrogen and oxygen atoms in total. The minimum Gasteiger partial charge on any atom is -0.487 e. The molecule has 2 aliphatic heterocycles. The number of carbonyl (C=O) groups excluding carboxylic acids is 1. The Kier molecular flexibility index (Phi) is 5.17. The van der Waals surface area contributed by atoms with Crippen molar-refractivity contribution in [3.05, 3.63) is 53.2 Å². The minimum absolute atomic E-state index is 0.0793. The summed E-state index contributed by atoms with van der Waals surface area (Å²) in [7, 11) is 0. The molecule has 3 heterocycles. The Morgan fingerprint density at radius 1 is 1.32 bits per heavy atom. The summed E-state index contributed by atoms with van der Waals surface area (Å²) in [5.41, 5.74) is 2.12. The Balaban J connectivity index is 1.48. The summed E-state index contributed by atoms with van der Waals surface area (Å²) < 4.78 is 20.6. The van der Waals surface area contributed by atoms with Crippen LogP contribution in [0.3, 0.4) is 0 Å². The van der Waals surface area contributed by atoms with Gasteiger partial charge in [-0.1, -0.05) is 18.2 Å². The molecule has 1 amide bonds. The number of aryl methyl sites for hydroxylation is 1. The van der Waals surface area contributed by atoms with E-state index in [0.717, 1.165) is 11.4 Å². The fourth-order valence-corrected chi connectivity index (χ4v) is 3.87. The van der Waals surface area contributed by atoms with Crippen LogP contribution in [0.5, 0.6) is 5.75 Å². The highest BCUT2D eigenvalue weighted by molar-refractivity contribution is 5.98. The number of amides is 1. The van der Waals surface area contributed by atoms with Crippen LogP contribution >= 0.6 is 0 Å². The van der Waals surface area contributed by atoms with Gasteiger partial charge in [-0.3, -0.25) is 4.79 Å². The Labute approximate surface area is 163 Å². The monoisotopic (exact) mass is 385 g/mol. The number of fused-ring (bicyclic) bond motifs is 1. The van der Waals surface area contributed by atoms with Gasteiger partial charge >= 0.3 is 0 Å². The summed E-state index contributed by atoms with van der Waals surface area (Å²) in [6, 6.07) is 11.1. The van der Waals surface area contributed by atoms with Crippen LogP contribution in [-0.2, 0) is 6.54 Å². The number of benzene rings is 1. The first-order valence-electron chi connectivity index (χ1n) is 9.58. The molecule has 2 atom stereocenters. The zero-order valence-electron chi connectivity index (χ0n) is 15.8. The van der Waals surface area contributed by atoms with Gasteiger partial charge in [0.05, 0.1) is 31.0 Å². The maximum Gasteiger partial charge on any atom is 0.256 e. The number of hydrogen-bond donors (Lipinski definition) is 1. The molecule has 148 valence electrons. The normalized spacial score (nSPS) is 21.8. The standard InChI is InChI=1S/C21H24FN3O3/c1-14-11-16-18(13-25(9-10-26)21(16)27)23-20(14)24-8-7-19(17(22)12-24)28-15-5-3-2-4-6-15/h2-6,11,17,19,26H,7-10,12-13H2,1H3/t17-,19+/m0/s1. The van der Waals surface area contributed by atoms with E-state index in [1.54, 1.807) is 4.90 Å². The Bertz CT molecular complexity index is 861. The van der Waals surface area contributed by atoms with E-state index in [2.05, 4.69) is 4.98 Å². The Morgan fingerprint density at radius 2 is 2.11 bits per heavy atom. The number of rotatable bonds is 5. The van der Waals surface area contributed by atoms with E-state index in [1.165, 1.54) is 0 Å². The molecular weight excluding hydrogens is 361 g/mol. The smallest absolute Gasteiger partial charge is 0.256 e. The fourth-order valence-electron chi connectivity index (χ4n) is 3.87. The molecule has 0 aliphatic carbocycles. The van der Waals surface area contributed by atoms with Crippen molar-refractivity contribution in [2.75, 3.05) is 31.1 Å². The molecule has 2 aliphatic rings. The molecule has 1 N–H and O–H groups in total. The predicted molar refractivity (Wildman–Crippen MR) is 103 cm³/mol. The summed E-state index contributed by atoms with van der Waals surface area (Å²) in [6.45, 7) is 3.33. The highest BCUT2D eigenvalue weighted by Crippen LogP contribution is 2.30. The number of para-hydroxylation sites is 1. The summed E-state index contributed by atoms with van der Waals surface area (Å²) >= 11 is 0. The summed E-state index contributed by atoms with van der Waals surface area (Å²) in [5.74, 6) is 1.29. The molecule has 1 saturated heterocycles. The molecule has 1 fully saturated rings. The lowest BCUT2D eigenvalue weighted by Crippen LogP contribution is -2.47. The second-order valence-corrected chi connectivity index (χ2v) is 7.29. The van der Waals surface area contributed by atoms with Crippen LogP contribution in [0, 0.1) is 6.92 Å². The first-order valence-corrected chi connectivity index (χ1v) is 9.58. The summed E-state index contributed by atoms with van der Waals surface area (Å²) in [5, 5.41) is 9.12. The number of carbonyl (C=O) groups is 1. The third kappa shape index (κ3) is 3.54. The van der Waals surface area contributed by atoms with E-state index in [-0.39, 0.29) is 19.1 Å². The average Bonchev–Trinajstić information content (AvgIpc) is 2.99. The van der Waals surface area contributed by atoms with E-state index in [0.29, 0.717) is 43.1 Å². The molecule has 0 spiro atoms. The lowest BCUT2D eigenvalue weighted by Gasteiger charge is -2.36. The quantitative estimate of drug-likeness (QED) is 0.856. The number of hydrogen-bond acceptors (Lipinski definition) is 5. The average molecular weight is 385 g/mol. The molecule has 0 saturated carbocycles. The lowest BCUT2D eigenvalue weighted by molar-refractivity contribution is 0.0745. The number of piperidine rings is 1. The first kappa shape index (κ1) is 18.7. The maximum absolute atomic E-state index is 14.8. The van der Waals surface area contributed by atoms with E-state index in [1.807, 2.05) is 48.2 Å². The van der Waals surface area contributed by atoms with Gasteiger partial charge in [-0.05, 0) is 30.7 Å². The van der Waals surface area contributed by atoms with E-state index >= 15 is 0 Å². The lowest BCUT2D eigenvalue weighted by atomic mass is 10.0. The van der Waals surface area contributed by atoms with Gasteiger partial charge in [0.1, 0.15) is 17.7 Å². The van der Waals surface area contributed by atoms with Gasteiger partial charge in [0.15, 0.2) is 6.17 Å². The van der Waals surface area contributed by atoms with Gasteiger partial charge in [-0.25, -0.2) is 9.37 Å². The molecule has 0 unspecified atom stereocenters. The zero-order valence-corrected chi connectivity index (χ0v) is 15.8. The topological polar surface area (TPSA) is 65.9 Å². The van der Waals surface area contributed by atoms with Gasteiger partial charge < -0.3 is 19.6 Å². The molecule has 28 heavy (non-hydrogen) atoms. The number of nitrogens with zero attached hydrogens (tertiary/aromatic N) is 3. The zero-order chi connectivity index (χ0) is 19.7. The van der Waals surface area contributed by atoms with Crippen molar-refractivity contribution in [3.8, 4) is 5.75 Å². The third-order valence-electron chi connectivity index (χ3n) is 5.31. The molecule has 0 radical (unpaired) electrons. The number of alkyl halides is 1. The molecule has 7 heteroatoms. The third-order valence-corrected chi connectivity index (χ3v) is 5.31. The van der Waals surface area contributed by atoms with Crippen molar-refractivity contribution < 1.29 is 19.0 Å². The number of halogens is 1. The van der Waals surface area contributed by atoms with Crippen LogP contribution in [0.2, 0.25) is 0 Å². The maximum atomic E-state index is 14.8. The van der Waals surface area contributed by atoms with Crippen molar-refractivity contribution in [1.82, 2.24) is 9.88 Å². The van der Waals surface area contributed by atoms with Crippen LogP contribution in [0.25, 0.3) is 0 Å². The Morgan fingerprint density at radius 3 is 2.82 bits per heavy atom. The molecule has 4 rings (SSSR count). The predicted octanol–water partition coefficient (Wildman–Crippen LogP) is 2.33. The molecular formula is C21H24FN3O3. The molecule has 1 aromatic heterocycles. The van der Waals surface area contributed by atoms with Crippen LogP contribution < -0.4 is 9.64 Å². The molecule has 2 aromatic rings. The summed E-state index contributed by atoms with van der Waals surface area (Å²) in [4.78, 5) is 20.6. The number of ether oxygens (including phenoxy) is 1. The van der Waals surface area contributed by atoms with Gasteiger partial charge in [0.2, 0.25) is 0 Å². The van der Waals surface area contributed by atoms with E-state index in [9.17, 15) is 9.18 Å². The number of β-amino-alcohol motifs (C(OH)–C–C–N with tert-alkyl or cyclic N) is 1. The number of aliphatic hydroxyl groups excluding tert-OH is 1. The van der Waals surface area contributed by atoms with Crippen LogP contribution in [0.4, 0.5) is 10.2 Å². The number of aliphatic hydroxyl groups is 1. The van der Waals surface area contributed by atoms with E-state index < -0.39 is 12.3 Å². The highest BCUT2D eigenvalue weighted by atomic mass is 19.1. The second-order valence-electron chi connectivity index (χ2n) is 7.29. The summed E-state index contributed by atoms with van der Waals surface area (Å²) in [6.07, 6.45) is -1.05. The molecule has 1 aromatic carbocycles. The van der Waals surface area contributed by atoms with Crippen molar-refractivity contribution in [1.29, 1.82) is 0 Å². The van der Waals surface area contributed by atoms with Gasteiger partial charge in [-0.15, -0.1) is 0 Å². The number of aromatic nitrogens is 1. The molecule has 0 bridgehead atoms. The highest BCUT2D eigenvalue weighted by Gasteiger charge is 2.34. The van der Waals surface area contributed by atoms with Crippen molar-refractivity contribution in [2.24, 2.45) is 0 Å². The number of pyridine rings is 1. The largest absolute Gasteiger partial charge is 0.487 e. The van der Waals surface area contributed by atoms with Crippen LogP contribution in [-0.4, -0.2) is 59.4 Å². The number of anilines is 1. The first-order chi connectivity index (χ1) is 13.6. The van der Waals surface area contributed by atoms with Crippen LogP contribution in [0.1, 0.15) is 28.0 Å². The second kappa shape index (κ2) is 7.75. The van der Waals surface area contributed by atoms with Crippen molar-refractivity contribution >= 4 is 11.7 Å². The fraction of sp³-hybridized carbons (Fsp3) is 0.429. The van der Waals surface area contributed by atoms with Crippen LogP contribution in [0.15, 0.2) is 36.4 Å². The van der Waals surface area contributed by atoms with Crippen molar-refractivity contribution in [3.63, 3.8) is 0 Å². The SMILES string of the molecule is Cc1cc2c(nc1N1CC[C@@H](Oc3ccccc3)[C@@H](F)C1)CN(CCO)C2=O. The van der Waals surface area contributed by atoms with Gasteiger partial charge in [0, 0.05) is 19.5 Å². The van der Waals surface area contributed by atoms with Crippen molar-refractivity contribution in [2.45, 2.75) is 32.2 Å². The van der Waals surface area contributed by atoms with E-state index in [4.69, 9.17) is 9.84 Å². The van der Waals surface area contributed by atoms with Gasteiger partial charge in [-0.2, -0.15) is 0 Å². The Hall–Kier alpha value is -2.67. The van der Waals surface area contributed by atoms with Gasteiger partial charge in [0.25, 0.3) is 5.91 Å².